The number of carbonyl (C=O) groups excluding carboxylic acids is 2. The van der Waals surface area contributed by atoms with Gasteiger partial charge >= 0.3 is 6.09 Å². The van der Waals surface area contributed by atoms with Crippen LogP contribution in [0.25, 0.3) is 0 Å². The van der Waals surface area contributed by atoms with Gasteiger partial charge in [-0.25, -0.2) is 9.80 Å². The van der Waals surface area contributed by atoms with Crippen LogP contribution in [0.2, 0.25) is 0 Å². The molecule has 6 heteroatoms. The van der Waals surface area contributed by atoms with Crippen molar-refractivity contribution in [2.24, 2.45) is 0 Å². The SMILES string of the molecule is CN(NC(=O)c1cccc(Br)c1)C(=O)OC(C)(C)C. The minimum atomic E-state index is -0.615. The molecule has 1 aromatic carbocycles. The van der Waals surface area contributed by atoms with Gasteiger partial charge in [-0.3, -0.25) is 10.2 Å². The molecule has 5 nitrogen and oxygen atoms in total. The summed E-state index contributed by atoms with van der Waals surface area (Å²) in [4.78, 5) is 23.6. The molecule has 0 aliphatic heterocycles. The topological polar surface area (TPSA) is 58.6 Å². The summed E-state index contributed by atoms with van der Waals surface area (Å²) in [5, 5.41) is 1.02. The number of hydrogen-bond donors (Lipinski definition) is 1. The zero-order chi connectivity index (χ0) is 14.6. The molecule has 0 aromatic heterocycles. The predicted molar refractivity (Wildman–Crippen MR) is 75.6 cm³/mol. The molecule has 0 radical (unpaired) electrons. The lowest BCUT2D eigenvalue weighted by atomic mass is 10.2. The number of benzene rings is 1. The molecule has 0 heterocycles. The summed E-state index contributed by atoms with van der Waals surface area (Å²) in [6.45, 7) is 5.28. The Kier molecular flexibility index (Phi) is 4.94. The molecule has 0 unspecified atom stereocenters. The molecule has 0 spiro atoms. The van der Waals surface area contributed by atoms with E-state index in [4.69, 9.17) is 4.74 Å². The van der Waals surface area contributed by atoms with Gasteiger partial charge in [0, 0.05) is 17.1 Å². The van der Waals surface area contributed by atoms with Gasteiger partial charge in [0.2, 0.25) is 0 Å². The largest absolute Gasteiger partial charge is 0.442 e. The molecule has 1 N–H and O–H groups in total. The maximum Gasteiger partial charge on any atom is 0.428 e. The van der Waals surface area contributed by atoms with Crippen molar-refractivity contribution in [3.63, 3.8) is 0 Å². The Morgan fingerprint density at radius 2 is 1.95 bits per heavy atom. The fourth-order valence-electron chi connectivity index (χ4n) is 1.22. The van der Waals surface area contributed by atoms with Gasteiger partial charge in [0.15, 0.2) is 0 Å². The van der Waals surface area contributed by atoms with Crippen molar-refractivity contribution in [2.75, 3.05) is 7.05 Å². The lowest BCUT2D eigenvalue weighted by molar-refractivity contribution is 0.0195. The van der Waals surface area contributed by atoms with E-state index in [2.05, 4.69) is 21.4 Å². The maximum absolute atomic E-state index is 11.9. The molecule has 0 atom stereocenters. The quantitative estimate of drug-likeness (QED) is 0.806. The zero-order valence-electron chi connectivity index (χ0n) is 11.4. The van der Waals surface area contributed by atoms with Crippen molar-refractivity contribution >= 4 is 27.9 Å². The van der Waals surface area contributed by atoms with E-state index >= 15 is 0 Å². The monoisotopic (exact) mass is 328 g/mol. The lowest BCUT2D eigenvalue weighted by Crippen LogP contribution is -2.45. The van der Waals surface area contributed by atoms with E-state index < -0.39 is 11.7 Å². The van der Waals surface area contributed by atoms with E-state index in [-0.39, 0.29) is 5.91 Å². The van der Waals surface area contributed by atoms with Crippen LogP contribution in [-0.2, 0) is 4.74 Å². The average molecular weight is 329 g/mol. The van der Waals surface area contributed by atoms with E-state index in [0.29, 0.717) is 5.56 Å². The number of hydrazine groups is 1. The van der Waals surface area contributed by atoms with E-state index in [1.807, 2.05) is 6.07 Å². The van der Waals surface area contributed by atoms with Crippen molar-refractivity contribution < 1.29 is 14.3 Å². The van der Waals surface area contributed by atoms with Crippen molar-refractivity contribution in [2.45, 2.75) is 26.4 Å². The first-order valence-corrected chi connectivity index (χ1v) is 6.51. The second-order valence-electron chi connectivity index (χ2n) is 4.99. The number of ether oxygens (including phenoxy) is 1. The Labute approximate surface area is 121 Å². The third-order valence-electron chi connectivity index (χ3n) is 2.02. The van der Waals surface area contributed by atoms with Crippen LogP contribution in [-0.4, -0.2) is 29.7 Å². The normalized spacial score (nSPS) is 10.8. The molecule has 0 bridgehead atoms. The molecule has 0 saturated carbocycles. The molecule has 0 aliphatic carbocycles. The Bertz CT molecular complexity index is 483. The standard InChI is InChI=1S/C13H17BrN2O3/c1-13(2,3)19-12(18)16(4)15-11(17)9-6-5-7-10(14)8-9/h5-8H,1-4H3,(H,15,17). The summed E-state index contributed by atoms with van der Waals surface area (Å²) < 4.78 is 5.91. The van der Waals surface area contributed by atoms with Gasteiger partial charge in [-0.1, -0.05) is 22.0 Å². The summed E-state index contributed by atoms with van der Waals surface area (Å²) in [6.07, 6.45) is -0.615. The van der Waals surface area contributed by atoms with E-state index in [9.17, 15) is 9.59 Å². The zero-order valence-corrected chi connectivity index (χ0v) is 12.9. The molecule has 0 fully saturated rings. The van der Waals surface area contributed by atoms with Crippen molar-refractivity contribution in [1.82, 2.24) is 10.4 Å². The Morgan fingerprint density at radius 1 is 1.32 bits per heavy atom. The van der Waals surface area contributed by atoms with E-state index in [0.717, 1.165) is 9.48 Å². The minimum Gasteiger partial charge on any atom is -0.442 e. The highest BCUT2D eigenvalue weighted by atomic mass is 79.9. The highest BCUT2D eigenvalue weighted by Gasteiger charge is 2.21. The third kappa shape index (κ3) is 5.30. The highest BCUT2D eigenvalue weighted by molar-refractivity contribution is 9.10. The second kappa shape index (κ2) is 6.06. The van der Waals surface area contributed by atoms with Crippen LogP contribution in [0.15, 0.2) is 28.7 Å². The molecule has 19 heavy (non-hydrogen) atoms. The van der Waals surface area contributed by atoms with Crippen molar-refractivity contribution in [3.8, 4) is 0 Å². The molecule has 2 amide bonds. The first kappa shape index (κ1) is 15.5. The molecule has 1 rings (SSSR count). The predicted octanol–water partition coefficient (Wildman–Crippen LogP) is 2.96. The summed E-state index contributed by atoms with van der Waals surface area (Å²) in [5.74, 6) is -0.380. The van der Waals surface area contributed by atoms with Crippen molar-refractivity contribution in [1.29, 1.82) is 0 Å². The molecule has 104 valence electrons. The average Bonchev–Trinajstić information content (AvgIpc) is 2.26. The number of amides is 2. The maximum atomic E-state index is 11.9. The van der Waals surface area contributed by atoms with Gasteiger partial charge in [-0.15, -0.1) is 0 Å². The van der Waals surface area contributed by atoms with Crippen LogP contribution in [0.4, 0.5) is 4.79 Å². The van der Waals surface area contributed by atoms with Gasteiger partial charge in [0.1, 0.15) is 5.60 Å². The lowest BCUT2D eigenvalue weighted by Gasteiger charge is -2.24. The molecule has 0 aliphatic rings. The fourth-order valence-corrected chi connectivity index (χ4v) is 1.62. The smallest absolute Gasteiger partial charge is 0.428 e. The fraction of sp³-hybridized carbons (Fsp3) is 0.385. The summed E-state index contributed by atoms with van der Waals surface area (Å²) >= 11 is 3.28. The minimum absolute atomic E-state index is 0.380. The summed E-state index contributed by atoms with van der Waals surface area (Å²) in [6, 6.07) is 6.88. The molecular formula is C13H17BrN2O3. The van der Waals surface area contributed by atoms with Crippen molar-refractivity contribution in [3.05, 3.63) is 34.3 Å². The molecular weight excluding hydrogens is 312 g/mol. The first-order valence-electron chi connectivity index (χ1n) is 5.72. The summed E-state index contributed by atoms with van der Waals surface area (Å²) in [5.41, 5.74) is 2.29. The number of carbonyl (C=O) groups is 2. The van der Waals surface area contributed by atoms with Gasteiger partial charge in [-0.2, -0.15) is 0 Å². The highest BCUT2D eigenvalue weighted by Crippen LogP contribution is 2.12. The number of rotatable bonds is 1. The van der Waals surface area contributed by atoms with Crippen LogP contribution >= 0.6 is 15.9 Å². The second-order valence-corrected chi connectivity index (χ2v) is 5.91. The van der Waals surface area contributed by atoms with E-state index in [1.165, 1.54) is 7.05 Å². The Hall–Kier alpha value is -1.56. The van der Waals surface area contributed by atoms with Gasteiger partial charge < -0.3 is 4.74 Å². The van der Waals surface area contributed by atoms with Crippen LogP contribution in [0.5, 0.6) is 0 Å². The van der Waals surface area contributed by atoms with Crippen LogP contribution < -0.4 is 5.43 Å². The van der Waals surface area contributed by atoms with Gasteiger partial charge in [0.05, 0.1) is 0 Å². The van der Waals surface area contributed by atoms with Gasteiger partial charge in [0.25, 0.3) is 5.91 Å². The van der Waals surface area contributed by atoms with Crippen LogP contribution in [0.1, 0.15) is 31.1 Å². The molecule has 0 saturated heterocycles. The number of hydrogen-bond acceptors (Lipinski definition) is 3. The van der Waals surface area contributed by atoms with Crippen LogP contribution in [0.3, 0.4) is 0 Å². The first-order chi connectivity index (χ1) is 8.69. The number of nitrogens with zero attached hydrogens (tertiary/aromatic N) is 1. The summed E-state index contributed by atoms with van der Waals surface area (Å²) in [7, 11) is 1.43. The van der Waals surface area contributed by atoms with Gasteiger partial charge in [-0.05, 0) is 39.0 Å². The number of nitrogens with one attached hydrogen (secondary N) is 1. The third-order valence-corrected chi connectivity index (χ3v) is 2.52. The van der Waals surface area contributed by atoms with Crippen LogP contribution in [0, 0.1) is 0 Å². The Morgan fingerprint density at radius 3 is 2.47 bits per heavy atom. The number of halogens is 1. The van der Waals surface area contributed by atoms with E-state index in [1.54, 1.807) is 39.0 Å². The molecule has 1 aromatic rings. The Balaban J connectivity index is 2.64.